The second-order valence-corrected chi connectivity index (χ2v) is 48.5. The van der Waals surface area contributed by atoms with E-state index in [4.69, 9.17) is 51.5 Å². The first kappa shape index (κ1) is 105. The number of nitrogens with zero attached hydrogens (tertiary/aromatic N) is 8. The van der Waals surface area contributed by atoms with Crippen LogP contribution in [0.25, 0.3) is 0 Å². The lowest BCUT2D eigenvalue weighted by molar-refractivity contribution is -0.139. The number of benzene rings is 9. The van der Waals surface area contributed by atoms with Gasteiger partial charge in [0.05, 0.1) is 122 Å². The quantitative estimate of drug-likeness (QED) is 0.0243. The van der Waals surface area contributed by atoms with Crippen LogP contribution < -0.4 is 63.4 Å². The van der Waals surface area contributed by atoms with Crippen LogP contribution in [0.2, 0.25) is 10.1 Å². The molecule has 18 rings (SSSR count). The summed E-state index contributed by atoms with van der Waals surface area (Å²) in [6.45, 7) is 32.0. The van der Waals surface area contributed by atoms with Crippen LogP contribution in [0.5, 0.6) is 51.7 Å². The highest BCUT2D eigenvalue weighted by atomic mass is 28.4. The zero-order valence-corrected chi connectivity index (χ0v) is 87.3. The molecule has 13 aromatic rings. The molecule has 10 unspecified atom stereocenters. The Hall–Kier alpha value is -13.1. The number of carboxylic acid groups (broad SMARTS) is 1. The number of aliphatic carboxylic acids is 1. The summed E-state index contributed by atoms with van der Waals surface area (Å²) in [7, 11) is 3.10. The summed E-state index contributed by atoms with van der Waals surface area (Å²) in [5, 5.41) is 34.6. The summed E-state index contributed by atoms with van der Waals surface area (Å²) in [6.07, 6.45) is 11.9. The van der Waals surface area contributed by atoms with Crippen LogP contribution in [0.1, 0.15) is 148 Å². The number of methoxy groups -OCH3 is 5. The van der Waals surface area contributed by atoms with Crippen molar-refractivity contribution >= 4 is 49.6 Å². The van der Waals surface area contributed by atoms with Crippen molar-refractivity contribution in [2.45, 2.75) is 166 Å². The molecule has 24 nitrogen and oxygen atoms in total. The van der Waals surface area contributed by atoms with Gasteiger partial charge in [0.2, 0.25) is 0 Å². The summed E-state index contributed by atoms with van der Waals surface area (Å²) in [5.74, 6) is 8.90. The molecule has 26 heteroatoms. The van der Waals surface area contributed by atoms with E-state index in [9.17, 15) is 24.9 Å². The van der Waals surface area contributed by atoms with Gasteiger partial charge in [-0.15, -0.1) is 0 Å². The lowest BCUT2D eigenvalue weighted by atomic mass is 9.93. The Labute approximate surface area is 838 Å². The number of ether oxygens (including phenoxy) is 9. The Morgan fingerprint density at radius 2 is 0.592 bits per heavy atom. The second-order valence-electron chi connectivity index (χ2n) is 39.9. The van der Waals surface area contributed by atoms with Crippen LogP contribution in [0.4, 0.5) is 0 Å². The van der Waals surface area contributed by atoms with Crippen LogP contribution in [0.3, 0.4) is 0 Å². The molecule has 5 saturated carbocycles. The third kappa shape index (κ3) is 22.4. The highest BCUT2D eigenvalue weighted by Crippen LogP contribution is 2.62. The van der Waals surface area contributed by atoms with E-state index >= 15 is 0 Å². The van der Waals surface area contributed by atoms with Crippen molar-refractivity contribution in [3.05, 3.63) is 341 Å². The minimum absolute atomic E-state index is 0.0505. The van der Waals surface area contributed by atoms with Crippen molar-refractivity contribution < 1.29 is 76.4 Å². The summed E-state index contributed by atoms with van der Waals surface area (Å²) in [5.41, 5.74) is 6.80. The molecule has 0 saturated heterocycles. The SMILES string of the molecule is COc1ccccc1C1(CO)CC1CO[Si](c1ccccc1)(c1ccccc1)C(C)(C)C.COc1ccccc1C1(COc2cnc(C)nc2C)CC1C(=O)O.COc1ccccc1C1(COc2cnc(C)nc2C)CC1C=O.COc1ccccc1C1(COc2cnc(C)nc2C)CC1CO.COc1ccccc1C1(COc2cnc(C)nc2C)CC1CO[Si](c1ccccc1)(c1ccccc1)C(C)(C)C. The third-order valence-electron chi connectivity index (χ3n) is 29.1. The second kappa shape index (κ2) is 45.0. The van der Waals surface area contributed by atoms with Crippen LogP contribution >= 0.6 is 0 Å². The molecule has 0 amide bonds. The van der Waals surface area contributed by atoms with E-state index in [1.165, 1.54) is 26.3 Å². The standard InChI is InChI=1S/C34H40N2O3Si.C28H34O3Si.C18H20N2O4.C18H22N2O3.C18H20N2O3/c1-25-32(22-35-26(2)36-25)38-24-34(30-19-13-14-20-31(30)37-6)21-27(34)23-39-40(33(3,4)5,28-15-9-7-10-16-28)29-17-11-8-12-18-29;1-27(2,3)32(23-13-7-5-8-14-23,24-15-9-6-10-16-24)31-20-22-19-28(22,21-29)25-17-11-12-18-26(25)30-4;1-11-16(9-19-12(2)20-11)24-10-18(8-14(18)17(21)22)13-6-4-5-7-15(13)23-3;2*1-12-17(9-19-13(2)20-12)23-11-18(8-14(18)10-21)15-6-4-5-7-16(15)22-3/h7-20,22,27H,21,23-24H2,1-6H3;5-18,22,29H,19-21H2,1-4H3;4-7,9,14H,8,10H2,1-3H3,(H,21,22);4-7,9,14,21H,8,10-11H2,1-3H3;4-7,9-10,14H,8,11H2,1-3H3. The first-order valence-corrected chi connectivity index (χ1v) is 52.4. The minimum Gasteiger partial charge on any atom is -0.496 e. The molecule has 9 aromatic carbocycles. The normalized spacial score (nSPS) is 21.0. The molecule has 0 bridgehead atoms. The number of carbonyl (C=O) groups excluding carboxylic acids is 1. The lowest BCUT2D eigenvalue weighted by Gasteiger charge is -2.43. The maximum absolute atomic E-state index is 11.6. The monoisotopic (exact) mass is 1950 g/mol. The van der Waals surface area contributed by atoms with Gasteiger partial charge in [-0.25, -0.2) is 39.9 Å². The topological polar surface area (TPSA) is 299 Å². The molecule has 0 spiro atoms. The van der Waals surface area contributed by atoms with Gasteiger partial charge in [0.25, 0.3) is 16.6 Å². The highest BCUT2D eigenvalue weighted by molar-refractivity contribution is 7.00. The molecule has 142 heavy (non-hydrogen) atoms. The fourth-order valence-electron chi connectivity index (χ4n) is 20.8. The van der Waals surface area contributed by atoms with E-state index in [1.807, 2.05) is 152 Å². The minimum atomic E-state index is -2.65. The number of hydrogen-bond donors (Lipinski definition) is 3. The van der Waals surface area contributed by atoms with E-state index in [0.29, 0.717) is 74.1 Å². The Morgan fingerprint density at radius 3 is 0.852 bits per heavy atom. The molecule has 0 aliphatic heterocycles. The smallest absolute Gasteiger partial charge is 0.307 e. The number of aliphatic hydroxyl groups excluding tert-OH is 2. The number of aldehydes is 1. The predicted octanol–water partition coefficient (Wildman–Crippen LogP) is 18.1. The van der Waals surface area contributed by atoms with E-state index in [-0.39, 0.29) is 75.2 Å². The molecule has 4 aromatic heterocycles. The van der Waals surface area contributed by atoms with Gasteiger partial charge in [-0.3, -0.25) is 4.79 Å². The van der Waals surface area contributed by atoms with Crippen LogP contribution in [-0.2, 0) is 45.5 Å². The summed E-state index contributed by atoms with van der Waals surface area (Å²) < 4.78 is 66.6. The maximum Gasteiger partial charge on any atom is 0.307 e. The Bertz CT molecular complexity index is 6360. The summed E-state index contributed by atoms with van der Waals surface area (Å²) >= 11 is 0. The first-order valence-electron chi connectivity index (χ1n) is 48.6. The van der Waals surface area contributed by atoms with E-state index in [1.54, 1.807) is 60.3 Å². The van der Waals surface area contributed by atoms with Crippen molar-refractivity contribution in [2.75, 3.05) is 88.4 Å². The molecular formula is C116H136N8O16Si2. The number of carboxylic acids is 1. The zero-order valence-electron chi connectivity index (χ0n) is 85.3. The third-order valence-corrected chi connectivity index (χ3v) is 39.1. The van der Waals surface area contributed by atoms with Crippen LogP contribution in [0.15, 0.2) is 267 Å². The molecule has 10 atom stereocenters. The predicted molar refractivity (Wildman–Crippen MR) is 557 cm³/mol. The fraction of sp³-hybridized carbons (Fsp3) is 0.379. The van der Waals surface area contributed by atoms with Gasteiger partial charge in [-0.2, -0.15) is 0 Å². The van der Waals surface area contributed by atoms with E-state index < -0.39 is 33.9 Å². The van der Waals surface area contributed by atoms with Gasteiger partial charge in [0.15, 0.2) is 23.0 Å². The van der Waals surface area contributed by atoms with Gasteiger partial charge in [-0.05, 0) is 166 Å². The first-order chi connectivity index (χ1) is 68.3. The van der Waals surface area contributed by atoms with Gasteiger partial charge in [0.1, 0.15) is 58.3 Å². The van der Waals surface area contributed by atoms with Crippen molar-refractivity contribution in [2.24, 2.45) is 29.6 Å². The van der Waals surface area contributed by atoms with Gasteiger partial charge >= 0.3 is 5.97 Å². The highest BCUT2D eigenvalue weighted by Gasteiger charge is 2.64. The average Bonchev–Trinajstić information content (AvgIpc) is 1.57. The Kier molecular flexibility index (Phi) is 33.2. The van der Waals surface area contributed by atoms with Crippen molar-refractivity contribution in [3.8, 4) is 51.7 Å². The Morgan fingerprint density at radius 1 is 0.338 bits per heavy atom. The lowest BCUT2D eigenvalue weighted by Crippen LogP contribution is -2.66. The molecule has 744 valence electrons. The number of aliphatic hydroxyl groups is 2. The van der Waals surface area contributed by atoms with Crippen molar-refractivity contribution in [1.29, 1.82) is 0 Å². The number of aryl methyl sites for hydroxylation is 8. The van der Waals surface area contributed by atoms with Crippen LogP contribution in [-0.4, -0.2) is 172 Å². The summed E-state index contributed by atoms with van der Waals surface area (Å²) in [4.78, 5) is 57.2. The number of para-hydroxylation sites is 5. The summed E-state index contributed by atoms with van der Waals surface area (Å²) in [6, 6.07) is 82.7. The molecule has 4 heterocycles. The van der Waals surface area contributed by atoms with Crippen LogP contribution in [0, 0.1) is 85.0 Å². The fourth-order valence-corrected chi connectivity index (χ4v) is 30.0. The number of rotatable bonds is 36. The Balaban J connectivity index is 0.000000144. The van der Waals surface area contributed by atoms with E-state index in [0.717, 1.165) is 117 Å². The molecule has 5 fully saturated rings. The van der Waals surface area contributed by atoms with E-state index in [2.05, 4.69) is 227 Å². The zero-order chi connectivity index (χ0) is 101. The molecule has 0 radical (unpaired) electrons. The number of aromatic nitrogens is 8. The maximum atomic E-state index is 11.6. The molecule has 5 aliphatic carbocycles. The van der Waals surface area contributed by atoms with Crippen molar-refractivity contribution in [3.63, 3.8) is 0 Å². The van der Waals surface area contributed by atoms with Gasteiger partial charge in [0, 0.05) is 80.6 Å². The molecule has 3 N–H and O–H groups in total. The van der Waals surface area contributed by atoms with Gasteiger partial charge < -0.3 is 71.6 Å². The number of hydrogen-bond acceptors (Lipinski definition) is 23. The number of carbonyl (C=O) groups is 2. The molecular weight excluding hydrogens is 1820 g/mol. The van der Waals surface area contributed by atoms with Gasteiger partial charge in [-0.1, -0.05) is 254 Å². The average molecular weight is 1950 g/mol. The van der Waals surface area contributed by atoms with Crippen molar-refractivity contribution in [1.82, 2.24) is 39.9 Å². The largest absolute Gasteiger partial charge is 0.496 e. The molecule has 5 aliphatic rings.